The van der Waals surface area contributed by atoms with Crippen LogP contribution in [0.15, 0.2) is 12.3 Å². The van der Waals surface area contributed by atoms with E-state index in [0.29, 0.717) is 6.04 Å². The lowest BCUT2D eigenvalue weighted by Crippen LogP contribution is -2.42. The van der Waals surface area contributed by atoms with Crippen molar-refractivity contribution < 1.29 is 0 Å². The quantitative estimate of drug-likeness (QED) is 0.891. The lowest BCUT2D eigenvalue weighted by Gasteiger charge is -2.36. The molecule has 2 heterocycles. The summed E-state index contributed by atoms with van der Waals surface area (Å²) in [6, 6.07) is 2.88. The Kier molecular flexibility index (Phi) is 5.38. The number of rotatable bonds is 5. The maximum atomic E-state index is 4.70. The molecule has 1 aliphatic rings. The van der Waals surface area contributed by atoms with Gasteiger partial charge in [-0.1, -0.05) is 6.92 Å². The van der Waals surface area contributed by atoms with Gasteiger partial charge in [-0.2, -0.15) is 0 Å². The fourth-order valence-corrected chi connectivity index (χ4v) is 2.92. The number of likely N-dealkylation sites (tertiary alicyclic amines) is 1. The van der Waals surface area contributed by atoms with Crippen LogP contribution in [-0.4, -0.2) is 49.7 Å². The number of hydrogen-bond donors (Lipinski definition) is 1. The summed E-state index contributed by atoms with van der Waals surface area (Å²) < 4.78 is 0. The summed E-state index contributed by atoms with van der Waals surface area (Å²) in [6.07, 6.45) is 4.47. The van der Waals surface area contributed by atoms with Crippen molar-refractivity contribution >= 4 is 5.82 Å². The van der Waals surface area contributed by atoms with Crippen molar-refractivity contribution in [1.29, 1.82) is 0 Å². The highest BCUT2D eigenvalue weighted by molar-refractivity contribution is 5.47. The summed E-state index contributed by atoms with van der Waals surface area (Å²) >= 11 is 0. The van der Waals surface area contributed by atoms with Gasteiger partial charge in [-0.25, -0.2) is 4.98 Å². The predicted octanol–water partition coefficient (Wildman–Crippen LogP) is 2.03. The summed E-state index contributed by atoms with van der Waals surface area (Å²) in [6.45, 7) is 8.57. The zero-order valence-electron chi connectivity index (χ0n) is 13.3. The van der Waals surface area contributed by atoms with E-state index in [-0.39, 0.29) is 0 Å². The Hall–Kier alpha value is -1.13. The van der Waals surface area contributed by atoms with Gasteiger partial charge in [0.05, 0.1) is 0 Å². The zero-order chi connectivity index (χ0) is 14.5. The molecule has 20 heavy (non-hydrogen) atoms. The van der Waals surface area contributed by atoms with Crippen LogP contribution >= 0.6 is 0 Å². The van der Waals surface area contributed by atoms with Gasteiger partial charge in [-0.3, -0.25) is 0 Å². The average Bonchev–Trinajstić information content (AvgIpc) is 2.45. The number of anilines is 1. The lowest BCUT2D eigenvalue weighted by molar-refractivity contribution is 0.252. The van der Waals surface area contributed by atoms with Gasteiger partial charge in [-0.15, -0.1) is 0 Å². The van der Waals surface area contributed by atoms with E-state index in [0.717, 1.165) is 18.9 Å². The Bertz CT molecular complexity index is 424. The van der Waals surface area contributed by atoms with Gasteiger partial charge >= 0.3 is 0 Å². The van der Waals surface area contributed by atoms with Crippen LogP contribution in [0.4, 0.5) is 5.82 Å². The molecule has 4 heteroatoms. The standard InChI is InChI=1S/C16H28N4/c1-5-17-11-14-10-13(2)16(18-12-14)20(4)15-6-8-19(3)9-7-15/h10,12,15,17H,5-9,11H2,1-4H3. The molecule has 0 amide bonds. The van der Waals surface area contributed by atoms with Crippen molar-refractivity contribution in [3.05, 3.63) is 23.4 Å². The van der Waals surface area contributed by atoms with E-state index in [4.69, 9.17) is 4.98 Å². The third-order valence-corrected chi connectivity index (χ3v) is 4.26. The molecule has 1 fully saturated rings. The molecule has 0 radical (unpaired) electrons. The number of aryl methyl sites for hydroxylation is 1. The summed E-state index contributed by atoms with van der Waals surface area (Å²) in [4.78, 5) is 9.48. The first-order chi connectivity index (χ1) is 9.61. The van der Waals surface area contributed by atoms with Crippen molar-refractivity contribution in [3.63, 3.8) is 0 Å². The van der Waals surface area contributed by atoms with E-state index in [2.05, 4.69) is 49.1 Å². The molecule has 1 saturated heterocycles. The number of nitrogens with one attached hydrogen (secondary N) is 1. The monoisotopic (exact) mass is 276 g/mol. The van der Waals surface area contributed by atoms with Crippen LogP contribution in [0, 0.1) is 6.92 Å². The fraction of sp³-hybridized carbons (Fsp3) is 0.688. The zero-order valence-corrected chi connectivity index (χ0v) is 13.3. The van der Waals surface area contributed by atoms with Crippen LogP contribution in [0.1, 0.15) is 30.9 Å². The molecular weight excluding hydrogens is 248 g/mol. The molecule has 2 rings (SSSR count). The van der Waals surface area contributed by atoms with Crippen LogP contribution in [0.5, 0.6) is 0 Å². The topological polar surface area (TPSA) is 31.4 Å². The van der Waals surface area contributed by atoms with E-state index in [9.17, 15) is 0 Å². The molecule has 1 N–H and O–H groups in total. The van der Waals surface area contributed by atoms with E-state index in [1.807, 2.05) is 6.20 Å². The van der Waals surface area contributed by atoms with Crippen LogP contribution < -0.4 is 10.2 Å². The van der Waals surface area contributed by atoms with Crippen LogP contribution in [0.3, 0.4) is 0 Å². The Balaban J connectivity index is 2.04. The van der Waals surface area contributed by atoms with E-state index >= 15 is 0 Å². The second-order valence-corrected chi connectivity index (χ2v) is 5.91. The van der Waals surface area contributed by atoms with Crippen LogP contribution in [0.2, 0.25) is 0 Å². The lowest BCUT2D eigenvalue weighted by atomic mass is 10.0. The molecule has 0 unspecified atom stereocenters. The molecule has 1 aromatic heterocycles. The highest BCUT2D eigenvalue weighted by Gasteiger charge is 2.22. The van der Waals surface area contributed by atoms with Gasteiger partial charge in [0, 0.05) is 25.8 Å². The number of piperidine rings is 1. The first-order valence-electron chi connectivity index (χ1n) is 7.69. The van der Waals surface area contributed by atoms with Crippen molar-refractivity contribution in [2.75, 3.05) is 38.6 Å². The Morgan fingerprint density at radius 2 is 2.10 bits per heavy atom. The highest BCUT2D eigenvalue weighted by atomic mass is 15.2. The maximum absolute atomic E-state index is 4.70. The molecule has 0 spiro atoms. The van der Waals surface area contributed by atoms with Gasteiger partial charge in [0.15, 0.2) is 0 Å². The number of nitrogens with zero attached hydrogens (tertiary/aromatic N) is 3. The molecule has 4 nitrogen and oxygen atoms in total. The molecule has 1 aliphatic heterocycles. The molecule has 0 aliphatic carbocycles. The third kappa shape index (κ3) is 3.70. The Labute approximate surface area is 123 Å². The summed E-state index contributed by atoms with van der Waals surface area (Å²) in [5, 5.41) is 3.35. The summed E-state index contributed by atoms with van der Waals surface area (Å²) in [5.74, 6) is 1.14. The molecule has 0 atom stereocenters. The number of aromatic nitrogens is 1. The first kappa shape index (κ1) is 15.3. The van der Waals surface area contributed by atoms with Crippen molar-refractivity contribution in [1.82, 2.24) is 15.2 Å². The second kappa shape index (κ2) is 7.04. The van der Waals surface area contributed by atoms with E-state index in [1.165, 1.54) is 37.1 Å². The average molecular weight is 276 g/mol. The minimum Gasteiger partial charge on any atom is -0.356 e. The van der Waals surface area contributed by atoms with Crippen LogP contribution in [0.25, 0.3) is 0 Å². The number of pyridine rings is 1. The minimum absolute atomic E-state index is 0.622. The van der Waals surface area contributed by atoms with E-state index < -0.39 is 0 Å². The molecule has 112 valence electrons. The summed E-state index contributed by atoms with van der Waals surface area (Å²) in [5.41, 5.74) is 2.55. The molecule has 0 saturated carbocycles. The van der Waals surface area contributed by atoms with Gasteiger partial charge in [0.2, 0.25) is 0 Å². The smallest absolute Gasteiger partial charge is 0.131 e. The normalized spacial score (nSPS) is 17.4. The molecule has 1 aromatic rings. The largest absolute Gasteiger partial charge is 0.356 e. The number of hydrogen-bond acceptors (Lipinski definition) is 4. The molecule has 0 aromatic carbocycles. The predicted molar refractivity (Wildman–Crippen MR) is 85.3 cm³/mol. The summed E-state index contributed by atoms with van der Waals surface area (Å²) in [7, 11) is 4.39. The first-order valence-corrected chi connectivity index (χ1v) is 7.69. The van der Waals surface area contributed by atoms with Gasteiger partial charge in [0.1, 0.15) is 5.82 Å². The van der Waals surface area contributed by atoms with Crippen molar-refractivity contribution in [2.45, 2.75) is 39.3 Å². The van der Waals surface area contributed by atoms with Gasteiger partial charge in [-0.05, 0) is 63.6 Å². The Morgan fingerprint density at radius 3 is 2.70 bits per heavy atom. The van der Waals surface area contributed by atoms with Crippen molar-refractivity contribution in [2.24, 2.45) is 0 Å². The second-order valence-electron chi connectivity index (χ2n) is 5.91. The minimum atomic E-state index is 0.622. The maximum Gasteiger partial charge on any atom is 0.131 e. The van der Waals surface area contributed by atoms with E-state index in [1.54, 1.807) is 0 Å². The highest BCUT2D eigenvalue weighted by Crippen LogP contribution is 2.23. The molecular formula is C16H28N4. The third-order valence-electron chi connectivity index (χ3n) is 4.26. The van der Waals surface area contributed by atoms with Crippen molar-refractivity contribution in [3.8, 4) is 0 Å². The Morgan fingerprint density at radius 1 is 1.40 bits per heavy atom. The van der Waals surface area contributed by atoms with Gasteiger partial charge in [0.25, 0.3) is 0 Å². The van der Waals surface area contributed by atoms with Gasteiger partial charge < -0.3 is 15.1 Å². The molecule has 0 bridgehead atoms. The SMILES string of the molecule is CCNCc1cnc(N(C)C2CCN(C)CC2)c(C)c1. The fourth-order valence-electron chi connectivity index (χ4n) is 2.92. The van der Waals surface area contributed by atoms with Crippen LogP contribution in [-0.2, 0) is 6.54 Å².